The minimum Gasteiger partial charge on any atom is -0.454 e. The molecule has 6 heteroatoms. The van der Waals surface area contributed by atoms with E-state index in [2.05, 4.69) is 11.8 Å². The summed E-state index contributed by atoms with van der Waals surface area (Å²) in [6, 6.07) is 10.8. The van der Waals surface area contributed by atoms with Crippen LogP contribution in [0.4, 0.5) is 0 Å². The van der Waals surface area contributed by atoms with E-state index in [1.165, 1.54) is 0 Å². The van der Waals surface area contributed by atoms with Crippen LogP contribution in [0.3, 0.4) is 0 Å². The quantitative estimate of drug-likeness (QED) is 0.627. The molecule has 2 aliphatic rings. The molecule has 0 radical (unpaired) electrons. The van der Waals surface area contributed by atoms with Crippen LogP contribution in [0.1, 0.15) is 11.1 Å². The summed E-state index contributed by atoms with van der Waals surface area (Å²) in [6.45, 7) is 0.565. The molecule has 0 N–H and O–H groups in total. The van der Waals surface area contributed by atoms with E-state index in [9.17, 15) is 4.79 Å². The van der Waals surface area contributed by atoms with Gasteiger partial charge in [0.2, 0.25) is 13.6 Å². The second kappa shape index (κ2) is 7.11. The van der Waals surface area contributed by atoms with Crippen molar-refractivity contribution in [3.63, 3.8) is 0 Å². The first kappa shape index (κ1) is 15.9. The highest BCUT2D eigenvalue weighted by atomic mass is 16.7. The molecular weight excluding hydrogens is 336 g/mol. The third-order valence-electron chi connectivity index (χ3n) is 3.70. The zero-order valence-electron chi connectivity index (χ0n) is 13.7. The molecule has 2 heterocycles. The molecule has 6 nitrogen and oxygen atoms in total. The van der Waals surface area contributed by atoms with Crippen LogP contribution >= 0.6 is 0 Å². The Labute approximate surface area is 149 Å². The van der Waals surface area contributed by atoms with Gasteiger partial charge in [0.15, 0.2) is 23.0 Å². The Balaban J connectivity index is 1.29. The lowest BCUT2D eigenvalue weighted by Gasteiger charge is -1.98. The SMILES string of the molecule is O=C(C#Cc1ccc2c(c1)OCO2)OC/C=C/c1ccc2c(c1)OCO2. The Morgan fingerprint density at radius 2 is 1.65 bits per heavy atom. The van der Waals surface area contributed by atoms with Crippen LogP contribution in [-0.2, 0) is 9.53 Å². The highest BCUT2D eigenvalue weighted by molar-refractivity contribution is 5.89. The standard InChI is InChI=1S/C20H14O6/c21-20(8-5-15-4-7-17-19(11-15)26-13-24-17)22-9-1-2-14-3-6-16-18(10-14)25-12-23-16/h1-4,6-7,10-11H,9,12-13H2/b2-1+. The van der Waals surface area contributed by atoms with Gasteiger partial charge in [-0.15, -0.1) is 0 Å². The molecule has 0 aromatic heterocycles. The van der Waals surface area contributed by atoms with Crippen molar-refractivity contribution in [3.05, 3.63) is 53.6 Å². The van der Waals surface area contributed by atoms with E-state index in [-0.39, 0.29) is 20.2 Å². The minimum atomic E-state index is -0.599. The number of carbonyl (C=O) groups excluding carboxylic acids is 1. The first-order valence-corrected chi connectivity index (χ1v) is 7.92. The topological polar surface area (TPSA) is 63.2 Å². The third-order valence-corrected chi connectivity index (χ3v) is 3.70. The first-order valence-electron chi connectivity index (χ1n) is 7.92. The van der Waals surface area contributed by atoms with Gasteiger partial charge in [0.05, 0.1) is 0 Å². The maximum absolute atomic E-state index is 11.7. The molecule has 0 saturated heterocycles. The largest absolute Gasteiger partial charge is 0.454 e. The number of ether oxygens (including phenoxy) is 5. The molecule has 0 amide bonds. The van der Waals surface area contributed by atoms with E-state index in [0.717, 1.165) is 11.3 Å². The minimum absolute atomic E-state index is 0.128. The Kier molecular flexibility index (Phi) is 4.35. The molecule has 0 aliphatic carbocycles. The van der Waals surface area contributed by atoms with Crippen molar-refractivity contribution in [1.29, 1.82) is 0 Å². The van der Waals surface area contributed by atoms with Gasteiger partial charge in [-0.1, -0.05) is 18.1 Å². The molecule has 4 rings (SSSR count). The molecule has 2 aromatic carbocycles. The van der Waals surface area contributed by atoms with Crippen LogP contribution in [0.15, 0.2) is 42.5 Å². The van der Waals surface area contributed by atoms with Crippen molar-refractivity contribution in [2.45, 2.75) is 0 Å². The number of rotatable bonds is 3. The highest BCUT2D eigenvalue weighted by Gasteiger charge is 2.13. The Morgan fingerprint density at radius 3 is 2.46 bits per heavy atom. The third kappa shape index (κ3) is 3.57. The van der Waals surface area contributed by atoms with Gasteiger partial charge < -0.3 is 23.7 Å². The summed E-state index contributed by atoms with van der Waals surface area (Å²) in [5.74, 6) is 7.32. The van der Waals surface area contributed by atoms with Crippen molar-refractivity contribution in [3.8, 4) is 34.8 Å². The van der Waals surface area contributed by atoms with Crippen molar-refractivity contribution in [1.82, 2.24) is 0 Å². The van der Waals surface area contributed by atoms with Crippen LogP contribution in [0.25, 0.3) is 6.08 Å². The fourth-order valence-corrected chi connectivity index (χ4v) is 2.46. The van der Waals surface area contributed by atoms with Crippen molar-refractivity contribution in [2.24, 2.45) is 0 Å². The Morgan fingerprint density at radius 1 is 0.962 bits per heavy atom. The lowest BCUT2D eigenvalue weighted by atomic mass is 10.2. The first-order chi connectivity index (χ1) is 12.8. The van der Waals surface area contributed by atoms with Gasteiger partial charge in [0, 0.05) is 11.5 Å². The van der Waals surface area contributed by atoms with E-state index in [1.54, 1.807) is 24.3 Å². The monoisotopic (exact) mass is 350 g/mol. The molecule has 2 aromatic rings. The van der Waals surface area contributed by atoms with Crippen molar-refractivity contribution < 1.29 is 28.5 Å². The molecule has 0 saturated carbocycles. The number of carbonyl (C=O) groups is 1. The predicted octanol–water partition coefficient (Wildman–Crippen LogP) is 2.75. The zero-order chi connectivity index (χ0) is 17.8. The van der Waals surface area contributed by atoms with Crippen LogP contribution in [0, 0.1) is 11.8 Å². The number of benzene rings is 2. The van der Waals surface area contributed by atoms with E-state index in [4.69, 9.17) is 23.7 Å². The number of hydrogen-bond acceptors (Lipinski definition) is 6. The summed E-state index contributed by atoms with van der Waals surface area (Å²) in [7, 11) is 0. The van der Waals surface area contributed by atoms with Crippen LogP contribution in [0.2, 0.25) is 0 Å². The van der Waals surface area contributed by atoms with E-state index < -0.39 is 5.97 Å². The number of hydrogen-bond donors (Lipinski definition) is 0. The molecule has 0 bridgehead atoms. The van der Waals surface area contributed by atoms with Gasteiger partial charge in [0.25, 0.3) is 0 Å². The lowest BCUT2D eigenvalue weighted by Crippen LogP contribution is -2.00. The van der Waals surface area contributed by atoms with Gasteiger partial charge in [0.1, 0.15) is 6.61 Å². The Hall–Kier alpha value is -3.59. The van der Waals surface area contributed by atoms with Gasteiger partial charge in [-0.25, -0.2) is 4.79 Å². The van der Waals surface area contributed by atoms with Gasteiger partial charge in [-0.05, 0) is 42.0 Å². The average Bonchev–Trinajstić information content (AvgIpc) is 3.31. The molecular formula is C20H14O6. The summed E-state index contributed by atoms with van der Waals surface area (Å²) < 4.78 is 26.1. The molecule has 0 atom stereocenters. The van der Waals surface area contributed by atoms with Crippen LogP contribution < -0.4 is 18.9 Å². The highest BCUT2D eigenvalue weighted by Crippen LogP contribution is 2.33. The summed E-state index contributed by atoms with van der Waals surface area (Å²) >= 11 is 0. The number of esters is 1. The molecule has 2 aliphatic heterocycles. The lowest BCUT2D eigenvalue weighted by molar-refractivity contribution is -0.135. The molecule has 0 unspecified atom stereocenters. The summed E-state index contributed by atoms with van der Waals surface area (Å²) in [5, 5.41) is 0. The maximum Gasteiger partial charge on any atom is 0.385 e. The molecule has 26 heavy (non-hydrogen) atoms. The molecule has 0 spiro atoms. The second-order valence-electron chi connectivity index (χ2n) is 5.43. The average molecular weight is 350 g/mol. The van der Waals surface area contributed by atoms with Gasteiger partial charge in [-0.2, -0.15) is 0 Å². The Bertz CT molecular complexity index is 935. The van der Waals surface area contributed by atoms with E-state index in [1.807, 2.05) is 24.3 Å². The van der Waals surface area contributed by atoms with E-state index in [0.29, 0.717) is 22.8 Å². The summed E-state index contributed by atoms with van der Waals surface area (Å²) in [6.07, 6.45) is 3.57. The fraction of sp³-hybridized carbons (Fsp3) is 0.150. The zero-order valence-corrected chi connectivity index (χ0v) is 13.7. The summed E-state index contributed by atoms with van der Waals surface area (Å²) in [5.41, 5.74) is 1.58. The maximum atomic E-state index is 11.7. The van der Waals surface area contributed by atoms with Crippen molar-refractivity contribution >= 4 is 12.0 Å². The summed E-state index contributed by atoms with van der Waals surface area (Å²) in [4.78, 5) is 11.7. The normalized spacial score (nSPS) is 13.4. The molecule has 130 valence electrons. The van der Waals surface area contributed by atoms with Crippen LogP contribution in [-0.4, -0.2) is 26.2 Å². The molecule has 0 fully saturated rings. The van der Waals surface area contributed by atoms with Crippen LogP contribution in [0.5, 0.6) is 23.0 Å². The number of fused-ring (bicyclic) bond motifs is 2. The van der Waals surface area contributed by atoms with Gasteiger partial charge in [-0.3, -0.25) is 0 Å². The smallest absolute Gasteiger partial charge is 0.385 e. The predicted molar refractivity (Wildman–Crippen MR) is 92.0 cm³/mol. The van der Waals surface area contributed by atoms with Crippen molar-refractivity contribution in [2.75, 3.05) is 20.2 Å². The fourth-order valence-electron chi connectivity index (χ4n) is 2.46. The van der Waals surface area contributed by atoms with E-state index >= 15 is 0 Å². The van der Waals surface area contributed by atoms with Gasteiger partial charge >= 0.3 is 5.97 Å². The second-order valence-corrected chi connectivity index (χ2v) is 5.43.